The predicted octanol–water partition coefficient (Wildman–Crippen LogP) is 4.89. The van der Waals surface area contributed by atoms with Crippen LogP contribution in [0.4, 0.5) is 0 Å². The number of carbonyl (C=O) groups is 1. The minimum absolute atomic E-state index is 0.0124. The summed E-state index contributed by atoms with van der Waals surface area (Å²) in [5.41, 5.74) is 3.51. The van der Waals surface area contributed by atoms with Crippen molar-refractivity contribution in [1.29, 1.82) is 0 Å². The molecule has 3 nitrogen and oxygen atoms in total. The third-order valence-electron chi connectivity index (χ3n) is 4.85. The Morgan fingerprint density at radius 3 is 2.23 bits per heavy atom. The zero-order valence-corrected chi connectivity index (χ0v) is 14.6. The van der Waals surface area contributed by atoms with Crippen LogP contribution in [0.2, 0.25) is 0 Å². The standard InChI is InChI=1S/C22H15NO2S/c24-21-17-13-7-8-14-18(17)26-22(21)19(15-9-3-1-4-10-15)20(23-25-22)16-11-5-2-6-12-16/h1-14,19H/t19-,22+/m0/s1. The van der Waals surface area contributed by atoms with Crippen molar-refractivity contribution in [2.75, 3.05) is 0 Å². The number of thioether (sulfide) groups is 1. The Labute approximate surface area is 155 Å². The molecule has 0 radical (unpaired) electrons. The van der Waals surface area contributed by atoms with Crippen LogP contribution in [0, 0.1) is 0 Å². The van der Waals surface area contributed by atoms with Crippen LogP contribution in [0.15, 0.2) is 95.0 Å². The number of hydrogen-bond acceptors (Lipinski definition) is 4. The van der Waals surface area contributed by atoms with E-state index >= 15 is 0 Å². The summed E-state index contributed by atoms with van der Waals surface area (Å²) in [7, 11) is 0. The Balaban J connectivity index is 1.67. The number of Topliss-reactive ketones (excluding diaryl/α,β-unsaturated/α-hetero) is 1. The van der Waals surface area contributed by atoms with Crippen molar-refractivity contribution < 1.29 is 9.63 Å². The van der Waals surface area contributed by atoms with E-state index in [-0.39, 0.29) is 11.7 Å². The summed E-state index contributed by atoms with van der Waals surface area (Å²) in [4.78, 5) is 19.2. The van der Waals surface area contributed by atoms with Gasteiger partial charge in [0.25, 0.3) is 4.93 Å². The first kappa shape index (κ1) is 15.4. The number of rotatable bonds is 2. The lowest BCUT2D eigenvalue weighted by molar-refractivity contribution is 0.0386. The largest absolute Gasteiger partial charge is 0.368 e. The highest BCUT2D eigenvalue weighted by atomic mass is 32.2. The molecule has 0 aromatic heterocycles. The highest BCUT2D eigenvalue weighted by molar-refractivity contribution is 8.02. The van der Waals surface area contributed by atoms with E-state index in [2.05, 4.69) is 5.16 Å². The van der Waals surface area contributed by atoms with Gasteiger partial charge in [-0.1, -0.05) is 95.8 Å². The van der Waals surface area contributed by atoms with Crippen molar-refractivity contribution in [3.05, 3.63) is 102 Å². The summed E-state index contributed by atoms with van der Waals surface area (Å²) in [6.07, 6.45) is 0. The SMILES string of the molecule is O=C1c2ccccc2S[C@@]12ON=C(c1ccccc1)[C@@H]2c1ccccc1. The Bertz CT molecular complexity index is 1020. The molecule has 3 aromatic rings. The average Bonchev–Trinajstić information content (AvgIpc) is 3.22. The zero-order valence-electron chi connectivity index (χ0n) is 13.8. The van der Waals surface area contributed by atoms with E-state index in [1.807, 2.05) is 84.9 Å². The van der Waals surface area contributed by atoms with Crippen LogP contribution in [0.25, 0.3) is 0 Å². The van der Waals surface area contributed by atoms with Gasteiger partial charge in [-0.3, -0.25) is 4.79 Å². The van der Waals surface area contributed by atoms with Crippen LogP contribution in [-0.2, 0) is 4.84 Å². The molecule has 26 heavy (non-hydrogen) atoms. The van der Waals surface area contributed by atoms with Crippen LogP contribution in [0.5, 0.6) is 0 Å². The molecule has 2 heterocycles. The third kappa shape index (κ3) is 2.15. The van der Waals surface area contributed by atoms with Gasteiger partial charge in [0.15, 0.2) is 0 Å². The average molecular weight is 357 g/mol. The molecular weight excluding hydrogens is 342 g/mol. The summed E-state index contributed by atoms with van der Waals surface area (Å²) < 4.78 is 0. The lowest BCUT2D eigenvalue weighted by atomic mass is 9.83. The molecule has 0 bridgehead atoms. The third-order valence-corrected chi connectivity index (χ3v) is 6.22. The fourth-order valence-corrected chi connectivity index (χ4v) is 5.03. The highest BCUT2D eigenvalue weighted by Crippen LogP contribution is 2.56. The Morgan fingerprint density at radius 2 is 1.50 bits per heavy atom. The normalized spacial score (nSPS) is 23.6. The molecule has 5 rings (SSSR count). The van der Waals surface area contributed by atoms with Gasteiger partial charge in [0, 0.05) is 16.0 Å². The van der Waals surface area contributed by atoms with Gasteiger partial charge in [0.2, 0.25) is 5.78 Å². The highest BCUT2D eigenvalue weighted by Gasteiger charge is 2.60. The predicted molar refractivity (Wildman–Crippen MR) is 103 cm³/mol. The van der Waals surface area contributed by atoms with E-state index in [0.717, 1.165) is 21.7 Å². The molecule has 0 fully saturated rings. The smallest absolute Gasteiger partial charge is 0.262 e. The molecule has 2 aliphatic heterocycles. The fourth-order valence-electron chi connectivity index (χ4n) is 3.64. The number of nitrogens with zero attached hydrogens (tertiary/aromatic N) is 1. The van der Waals surface area contributed by atoms with Gasteiger partial charge >= 0.3 is 0 Å². The van der Waals surface area contributed by atoms with Gasteiger partial charge in [-0.25, -0.2) is 0 Å². The molecule has 0 saturated heterocycles. The summed E-state index contributed by atoms with van der Waals surface area (Å²) >= 11 is 1.47. The number of ketones is 1. The van der Waals surface area contributed by atoms with Crippen LogP contribution in [-0.4, -0.2) is 16.4 Å². The van der Waals surface area contributed by atoms with Crippen LogP contribution in [0.3, 0.4) is 0 Å². The van der Waals surface area contributed by atoms with Crippen molar-refractivity contribution in [3.63, 3.8) is 0 Å². The van der Waals surface area contributed by atoms with Gasteiger partial charge < -0.3 is 4.84 Å². The maximum absolute atomic E-state index is 13.4. The molecule has 1 spiro atoms. The molecule has 0 unspecified atom stereocenters. The number of hydrogen-bond donors (Lipinski definition) is 0. The van der Waals surface area contributed by atoms with Crippen LogP contribution in [0.1, 0.15) is 27.4 Å². The summed E-state index contributed by atoms with van der Waals surface area (Å²) in [6, 6.07) is 27.6. The van der Waals surface area contributed by atoms with Crippen molar-refractivity contribution >= 4 is 23.3 Å². The molecule has 2 aliphatic rings. The van der Waals surface area contributed by atoms with Gasteiger partial charge in [-0.2, -0.15) is 0 Å². The van der Waals surface area contributed by atoms with E-state index in [1.54, 1.807) is 0 Å². The lowest BCUT2D eigenvalue weighted by Gasteiger charge is -2.27. The second-order valence-corrected chi connectivity index (χ2v) is 7.62. The molecule has 0 amide bonds. The van der Waals surface area contributed by atoms with E-state index < -0.39 is 4.93 Å². The number of carbonyl (C=O) groups excluding carboxylic acids is 1. The molecule has 0 N–H and O–H groups in total. The quantitative estimate of drug-likeness (QED) is 0.655. The van der Waals surface area contributed by atoms with Crippen molar-refractivity contribution in [3.8, 4) is 0 Å². The van der Waals surface area contributed by atoms with E-state index in [1.165, 1.54) is 11.8 Å². The summed E-state index contributed by atoms with van der Waals surface area (Å²) in [5, 5.41) is 4.41. The first-order valence-electron chi connectivity index (χ1n) is 8.49. The van der Waals surface area contributed by atoms with E-state index in [0.29, 0.717) is 5.56 Å². The molecular formula is C22H15NO2S. The van der Waals surface area contributed by atoms with E-state index in [4.69, 9.17) is 4.84 Å². The summed E-state index contributed by atoms with van der Waals surface area (Å²) in [5.74, 6) is -0.280. The number of fused-ring (bicyclic) bond motifs is 1. The van der Waals surface area contributed by atoms with Gasteiger partial charge in [0.05, 0.1) is 5.92 Å². The second kappa shape index (κ2) is 5.85. The minimum Gasteiger partial charge on any atom is -0.368 e. The van der Waals surface area contributed by atoms with Gasteiger partial charge in [0.1, 0.15) is 5.71 Å². The monoisotopic (exact) mass is 357 g/mol. The van der Waals surface area contributed by atoms with Gasteiger partial charge in [-0.05, 0) is 11.6 Å². The van der Waals surface area contributed by atoms with Crippen LogP contribution < -0.4 is 0 Å². The molecule has 2 atom stereocenters. The van der Waals surface area contributed by atoms with Crippen LogP contribution >= 0.6 is 11.8 Å². The Hall–Kier alpha value is -2.85. The van der Waals surface area contributed by atoms with Gasteiger partial charge in [-0.15, -0.1) is 0 Å². The second-order valence-electron chi connectivity index (χ2n) is 6.37. The van der Waals surface area contributed by atoms with Crippen molar-refractivity contribution in [2.45, 2.75) is 15.7 Å². The molecule has 126 valence electrons. The maximum atomic E-state index is 13.4. The maximum Gasteiger partial charge on any atom is 0.262 e. The number of oxime groups is 1. The minimum atomic E-state index is -1.07. The molecule has 0 aliphatic carbocycles. The molecule has 0 saturated carbocycles. The summed E-state index contributed by atoms with van der Waals surface area (Å²) in [6.45, 7) is 0. The lowest BCUT2D eigenvalue weighted by Crippen LogP contribution is -2.39. The Kier molecular flexibility index (Phi) is 3.47. The number of benzene rings is 3. The Morgan fingerprint density at radius 1 is 0.846 bits per heavy atom. The van der Waals surface area contributed by atoms with E-state index in [9.17, 15) is 4.79 Å². The zero-order chi connectivity index (χ0) is 17.6. The van der Waals surface area contributed by atoms with Crippen molar-refractivity contribution in [2.24, 2.45) is 5.16 Å². The molecule has 4 heteroatoms. The van der Waals surface area contributed by atoms with Crippen molar-refractivity contribution in [1.82, 2.24) is 0 Å². The molecule has 3 aromatic carbocycles. The topological polar surface area (TPSA) is 38.7 Å². The first-order chi connectivity index (χ1) is 12.8. The first-order valence-corrected chi connectivity index (χ1v) is 9.30. The fraction of sp³-hybridized carbons (Fsp3) is 0.0909.